The molecular weight excluding hydrogens is 326 g/mol. The number of amides is 1. The lowest BCUT2D eigenvalue weighted by atomic mass is 10.1. The maximum Gasteiger partial charge on any atom is 0.256 e. The third kappa shape index (κ3) is 6.45. The van der Waals surface area contributed by atoms with Gasteiger partial charge < -0.3 is 0 Å². The van der Waals surface area contributed by atoms with Crippen LogP contribution in [-0.4, -0.2) is 16.4 Å². The summed E-state index contributed by atoms with van der Waals surface area (Å²) in [6.45, 7) is 2.16. The molecule has 3 nitrogen and oxygen atoms in total. The van der Waals surface area contributed by atoms with Crippen LogP contribution in [0.4, 0.5) is 0 Å². The van der Waals surface area contributed by atoms with Gasteiger partial charge in [-0.3, -0.25) is 10.0 Å². The van der Waals surface area contributed by atoms with Crippen molar-refractivity contribution in [3.05, 3.63) is 28.7 Å². The van der Waals surface area contributed by atoms with Gasteiger partial charge in [-0.2, -0.15) is 0 Å². The third-order valence-corrected chi connectivity index (χ3v) is 4.62. The number of thioether (sulfide) groups is 1. The number of hydroxylamine groups is 1. The van der Waals surface area contributed by atoms with Crippen LogP contribution in [0.1, 0.15) is 39.0 Å². The average molecular weight is 346 g/mol. The molecule has 0 saturated heterocycles. The minimum Gasteiger partial charge on any atom is -0.289 e. The van der Waals surface area contributed by atoms with Gasteiger partial charge in [-0.15, -0.1) is 11.8 Å². The second-order valence-electron chi connectivity index (χ2n) is 4.39. The lowest BCUT2D eigenvalue weighted by Crippen LogP contribution is -2.30. The van der Waals surface area contributed by atoms with Crippen molar-refractivity contribution in [2.24, 2.45) is 0 Å². The average Bonchev–Trinajstić information content (AvgIpc) is 2.43. The Labute approximate surface area is 127 Å². The van der Waals surface area contributed by atoms with E-state index < -0.39 is 0 Å². The zero-order valence-electron chi connectivity index (χ0n) is 11.1. The predicted octanol–water partition coefficient (Wildman–Crippen LogP) is 4.39. The summed E-state index contributed by atoms with van der Waals surface area (Å²) in [7, 11) is 0. The van der Waals surface area contributed by atoms with Crippen molar-refractivity contribution in [1.82, 2.24) is 5.48 Å². The van der Waals surface area contributed by atoms with Gasteiger partial charge in [0.05, 0.1) is 5.25 Å². The van der Waals surface area contributed by atoms with E-state index in [0.717, 1.165) is 28.6 Å². The van der Waals surface area contributed by atoms with Gasteiger partial charge in [0.2, 0.25) is 0 Å². The summed E-state index contributed by atoms with van der Waals surface area (Å²) >= 11 is 4.88. The molecule has 1 unspecified atom stereocenters. The molecule has 0 radical (unpaired) electrons. The van der Waals surface area contributed by atoms with Crippen molar-refractivity contribution in [2.45, 2.75) is 49.2 Å². The van der Waals surface area contributed by atoms with E-state index in [1.54, 1.807) is 5.48 Å². The van der Waals surface area contributed by atoms with Crippen molar-refractivity contribution >= 4 is 33.6 Å². The summed E-state index contributed by atoms with van der Waals surface area (Å²) in [4.78, 5) is 12.7. The molecule has 1 aromatic carbocycles. The Kier molecular flexibility index (Phi) is 8.18. The first-order valence-corrected chi connectivity index (χ1v) is 8.20. The monoisotopic (exact) mass is 345 g/mol. The Balaban J connectivity index is 2.53. The van der Waals surface area contributed by atoms with E-state index in [9.17, 15) is 4.79 Å². The number of hydrogen-bond donors (Lipinski definition) is 2. The molecule has 1 amide bonds. The molecule has 1 rings (SSSR count). The third-order valence-electron chi connectivity index (χ3n) is 2.81. The summed E-state index contributed by atoms with van der Waals surface area (Å²) in [5, 5.41) is 8.58. The molecule has 0 fully saturated rings. The highest BCUT2D eigenvalue weighted by Gasteiger charge is 2.18. The van der Waals surface area contributed by atoms with Crippen molar-refractivity contribution in [2.75, 3.05) is 0 Å². The standard InChI is InChI=1S/C14H20BrNO2S/c1-2-3-4-5-6-13(14(17)16-18)19-12-9-7-11(15)8-10-12/h7-10,13,18H,2-6H2,1H3,(H,16,17). The maximum atomic E-state index is 11.7. The zero-order chi connectivity index (χ0) is 14.1. The van der Waals surface area contributed by atoms with E-state index in [2.05, 4.69) is 22.9 Å². The summed E-state index contributed by atoms with van der Waals surface area (Å²) in [6, 6.07) is 7.84. The largest absolute Gasteiger partial charge is 0.289 e. The topological polar surface area (TPSA) is 49.3 Å². The van der Waals surface area contributed by atoms with Gasteiger partial charge in [0, 0.05) is 9.37 Å². The number of nitrogens with one attached hydrogen (secondary N) is 1. The van der Waals surface area contributed by atoms with E-state index in [4.69, 9.17) is 5.21 Å². The highest BCUT2D eigenvalue weighted by atomic mass is 79.9. The van der Waals surface area contributed by atoms with Crippen LogP contribution in [0.5, 0.6) is 0 Å². The molecule has 0 heterocycles. The molecule has 0 saturated carbocycles. The molecule has 0 bridgehead atoms. The fourth-order valence-corrected chi connectivity index (χ4v) is 3.08. The van der Waals surface area contributed by atoms with Gasteiger partial charge in [-0.05, 0) is 30.7 Å². The first-order valence-electron chi connectivity index (χ1n) is 6.53. The number of halogens is 1. The van der Waals surface area contributed by atoms with E-state index in [1.807, 2.05) is 24.3 Å². The Hall–Kier alpha value is -0.520. The summed E-state index contributed by atoms with van der Waals surface area (Å²) < 4.78 is 1.02. The number of carbonyl (C=O) groups is 1. The van der Waals surface area contributed by atoms with Crippen LogP contribution in [0, 0.1) is 0 Å². The lowest BCUT2D eigenvalue weighted by Gasteiger charge is -2.14. The van der Waals surface area contributed by atoms with Crippen LogP contribution in [0.2, 0.25) is 0 Å². The molecule has 106 valence electrons. The molecular formula is C14H20BrNO2S. The minimum atomic E-state index is -0.315. The van der Waals surface area contributed by atoms with Crippen molar-refractivity contribution < 1.29 is 10.0 Å². The second kappa shape index (κ2) is 9.39. The SMILES string of the molecule is CCCCCCC(Sc1ccc(Br)cc1)C(=O)NO. The molecule has 19 heavy (non-hydrogen) atoms. The Bertz CT molecular complexity index is 384. The van der Waals surface area contributed by atoms with Crippen molar-refractivity contribution in [3.63, 3.8) is 0 Å². The predicted molar refractivity (Wildman–Crippen MR) is 82.5 cm³/mol. The molecule has 0 aliphatic rings. The van der Waals surface area contributed by atoms with Gasteiger partial charge in [0.15, 0.2) is 0 Å². The number of rotatable bonds is 8. The zero-order valence-corrected chi connectivity index (χ0v) is 13.5. The first-order chi connectivity index (χ1) is 9.17. The molecule has 0 aliphatic carbocycles. The maximum absolute atomic E-state index is 11.7. The van der Waals surface area contributed by atoms with Gasteiger partial charge >= 0.3 is 0 Å². The smallest absolute Gasteiger partial charge is 0.256 e. The second-order valence-corrected chi connectivity index (χ2v) is 6.58. The first kappa shape index (κ1) is 16.5. The van der Waals surface area contributed by atoms with E-state index in [-0.39, 0.29) is 11.2 Å². The number of benzene rings is 1. The highest BCUT2D eigenvalue weighted by molar-refractivity contribution is 9.10. The van der Waals surface area contributed by atoms with Gasteiger partial charge in [-0.1, -0.05) is 48.5 Å². The van der Waals surface area contributed by atoms with Crippen LogP contribution < -0.4 is 5.48 Å². The van der Waals surface area contributed by atoms with Gasteiger partial charge in [0.1, 0.15) is 0 Å². The summed E-state index contributed by atoms with van der Waals surface area (Å²) in [5.74, 6) is -0.315. The fraction of sp³-hybridized carbons (Fsp3) is 0.500. The lowest BCUT2D eigenvalue weighted by molar-refractivity contribution is -0.128. The Morgan fingerprint density at radius 2 is 2.00 bits per heavy atom. The molecule has 0 aromatic heterocycles. The Morgan fingerprint density at radius 1 is 1.32 bits per heavy atom. The molecule has 2 N–H and O–H groups in total. The summed E-state index contributed by atoms with van der Waals surface area (Å²) in [6.07, 6.45) is 5.29. The van der Waals surface area contributed by atoms with Crippen LogP contribution >= 0.6 is 27.7 Å². The number of carbonyl (C=O) groups excluding carboxylic acids is 1. The quantitative estimate of drug-likeness (QED) is 0.318. The van der Waals surface area contributed by atoms with Gasteiger partial charge in [-0.25, -0.2) is 5.48 Å². The number of unbranched alkanes of at least 4 members (excludes halogenated alkanes) is 3. The van der Waals surface area contributed by atoms with Crippen molar-refractivity contribution in [1.29, 1.82) is 0 Å². The Morgan fingerprint density at radius 3 is 2.58 bits per heavy atom. The van der Waals surface area contributed by atoms with Gasteiger partial charge in [0.25, 0.3) is 5.91 Å². The fourth-order valence-electron chi connectivity index (χ4n) is 1.75. The number of hydrogen-bond acceptors (Lipinski definition) is 3. The molecule has 0 aliphatic heterocycles. The van der Waals surface area contributed by atoms with E-state index >= 15 is 0 Å². The molecule has 1 atom stereocenters. The van der Waals surface area contributed by atoms with Crippen molar-refractivity contribution in [3.8, 4) is 0 Å². The normalized spacial score (nSPS) is 12.2. The van der Waals surface area contributed by atoms with Crippen LogP contribution in [0.3, 0.4) is 0 Å². The minimum absolute atomic E-state index is 0.233. The summed E-state index contributed by atoms with van der Waals surface area (Å²) in [5.41, 5.74) is 1.77. The van der Waals surface area contributed by atoms with E-state index in [1.165, 1.54) is 24.6 Å². The van der Waals surface area contributed by atoms with E-state index in [0.29, 0.717) is 0 Å². The van der Waals surface area contributed by atoms with Crippen LogP contribution in [0.25, 0.3) is 0 Å². The highest BCUT2D eigenvalue weighted by Crippen LogP contribution is 2.28. The molecule has 5 heteroatoms. The molecule has 1 aromatic rings. The van der Waals surface area contributed by atoms with Crippen LogP contribution in [-0.2, 0) is 4.79 Å². The molecule has 0 spiro atoms. The van der Waals surface area contributed by atoms with Crippen LogP contribution in [0.15, 0.2) is 33.6 Å².